The zero-order chi connectivity index (χ0) is 9.54. The summed E-state index contributed by atoms with van der Waals surface area (Å²) in [7, 11) is 0. The first-order valence-corrected chi connectivity index (χ1v) is 5.75. The number of thioether (sulfide) groups is 1. The second-order valence-electron chi connectivity index (χ2n) is 3.62. The third kappa shape index (κ3) is 1.08. The van der Waals surface area contributed by atoms with E-state index in [1.807, 2.05) is 11.8 Å². The average Bonchev–Trinajstić information content (AvgIpc) is 2.61. The van der Waals surface area contributed by atoms with E-state index in [1.165, 1.54) is 21.2 Å². The zero-order valence-corrected chi connectivity index (χ0v) is 8.55. The molecule has 70 valence electrons. The highest BCUT2D eigenvalue weighted by Crippen LogP contribution is 2.40. The van der Waals surface area contributed by atoms with Gasteiger partial charge in [-0.15, -0.1) is 11.8 Å². The van der Waals surface area contributed by atoms with Crippen molar-refractivity contribution in [1.29, 1.82) is 0 Å². The van der Waals surface area contributed by atoms with E-state index < -0.39 is 0 Å². The van der Waals surface area contributed by atoms with Crippen LogP contribution in [-0.2, 0) is 0 Å². The first-order chi connectivity index (χ1) is 6.86. The lowest BCUT2D eigenvalue weighted by Gasteiger charge is -2.07. The summed E-state index contributed by atoms with van der Waals surface area (Å²) >= 11 is 1.87. The molecule has 0 bridgehead atoms. The predicted octanol–water partition coefficient (Wildman–Crippen LogP) is 2.95. The largest absolute Gasteiger partial charge is 0.323 e. The first kappa shape index (κ1) is 8.33. The third-order valence-corrected chi connectivity index (χ3v) is 3.91. The van der Waals surface area contributed by atoms with E-state index in [4.69, 9.17) is 5.73 Å². The normalized spacial score (nSPS) is 19.9. The lowest BCUT2D eigenvalue weighted by molar-refractivity contribution is 0.843. The lowest BCUT2D eigenvalue weighted by Crippen LogP contribution is -2.08. The van der Waals surface area contributed by atoms with Gasteiger partial charge in [0, 0.05) is 16.7 Å². The minimum absolute atomic E-state index is 0.209. The van der Waals surface area contributed by atoms with Crippen LogP contribution in [-0.4, -0.2) is 5.75 Å². The van der Waals surface area contributed by atoms with Crippen molar-refractivity contribution in [2.24, 2.45) is 5.73 Å². The van der Waals surface area contributed by atoms with Crippen LogP contribution in [0.3, 0.4) is 0 Å². The van der Waals surface area contributed by atoms with Gasteiger partial charge in [0.1, 0.15) is 0 Å². The highest BCUT2D eigenvalue weighted by atomic mass is 32.2. The number of rotatable bonds is 0. The molecular weight excluding hydrogens is 190 g/mol. The van der Waals surface area contributed by atoms with Crippen molar-refractivity contribution in [1.82, 2.24) is 0 Å². The maximum Gasteiger partial charge on any atom is 0.0407 e. The standard InChI is InChI=1S/C12H11NS/c13-10-7-14-11-6-5-8-3-1-2-4-9(8)12(10)11/h1-6,10H,7,13H2. The van der Waals surface area contributed by atoms with Crippen molar-refractivity contribution in [2.45, 2.75) is 10.9 Å². The van der Waals surface area contributed by atoms with Gasteiger partial charge in [0.15, 0.2) is 0 Å². The molecule has 0 fully saturated rings. The van der Waals surface area contributed by atoms with Crippen molar-refractivity contribution >= 4 is 22.5 Å². The number of hydrogen-bond donors (Lipinski definition) is 1. The van der Waals surface area contributed by atoms with Crippen LogP contribution < -0.4 is 5.73 Å². The van der Waals surface area contributed by atoms with Gasteiger partial charge in [-0.3, -0.25) is 0 Å². The molecule has 3 rings (SSSR count). The fourth-order valence-electron chi connectivity index (χ4n) is 2.05. The molecule has 0 aliphatic carbocycles. The Bertz CT molecular complexity index is 493. The second-order valence-corrected chi connectivity index (χ2v) is 4.68. The molecule has 2 heteroatoms. The maximum absolute atomic E-state index is 6.09. The van der Waals surface area contributed by atoms with Gasteiger partial charge in [-0.05, 0) is 22.4 Å². The van der Waals surface area contributed by atoms with Crippen molar-refractivity contribution < 1.29 is 0 Å². The molecule has 0 amide bonds. The van der Waals surface area contributed by atoms with E-state index in [9.17, 15) is 0 Å². The second kappa shape index (κ2) is 3.01. The molecule has 0 saturated carbocycles. The molecule has 0 spiro atoms. The molecule has 1 heterocycles. The van der Waals surface area contributed by atoms with Gasteiger partial charge >= 0.3 is 0 Å². The molecule has 1 unspecified atom stereocenters. The zero-order valence-electron chi connectivity index (χ0n) is 7.73. The molecule has 0 aromatic heterocycles. The Labute approximate surface area is 87.3 Å². The lowest BCUT2D eigenvalue weighted by atomic mass is 10.0. The van der Waals surface area contributed by atoms with Gasteiger partial charge in [-0.1, -0.05) is 30.3 Å². The van der Waals surface area contributed by atoms with E-state index in [0.717, 1.165) is 5.75 Å². The van der Waals surface area contributed by atoms with E-state index in [-0.39, 0.29) is 6.04 Å². The molecule has 1 aliphatic heterocycles. The smallest absolute Gasteiger partial charge is 0.0407 e. The Balaban J connectivity index is 2.41. The van der Waals surface area contributed by atoms with Gasteiger partial charge in [0.25, 0.3) is 0 Å². The minimum Gasteiger partial charge on any atom is -0.323 e. The predicted molar refractivity (Wildman–Crippen MR) is 61.6 cm³/mol. The summed E-state index contributed by atoms with van der Waals surface area (Å²) in [5.41, 5.74) is 7.43. The van der Waals surface area contributed by atoms with Gasteiger partial charge in [-0.2, -0.15) is 0 Å². The Morgan fingerprint density at radius 1 is 1.14 bits per heavy atom. The van der Waals surface area contributed by atoms with Gasteiger partial charge < -0.3 is 5.73 Å². The molecule has 2 aromatic rings. The maximum atomic E-state index is 6.09. The number of benzene rings is 2. The quantitative estimate of drug-likeness (QED) is 0.709. The number of nitrogens with two attached hydrogens (primary N) is 1. The van der Waals surface area contributed by atoms with Crippen LogP contribution in [0.25, 0.3) is 10.8 Å². The first-order valence-electron chi connectivity index (χ1n) is 4.76. The summed E-state index contributed by atoms with van der Waals surface area (Å²) in [4.78, 5) is 1.36. The number of fused-ring (bicyclic) bond motifs is 3. The summed E-state index contributed by atoms with van der Waals surface area (Å²) < 4.78 is 0. The molecule has 2 N–H and O–H groups in total. The molecule has 14 heavy (non-hydrogen) atoms. The van der Waals surface area contributed by atoms with E-state index in [2.05, 4.69) is 36.4 Å². The molecule has 1 aliphatic rings. The van der Waals surface area contributed by atoms with E-state index in [1.54, 1.807) is 0 Å². The van der Waals surface area contributed by atoms with Crippen molar-refractivity contribution in [3.63, 3.8) is 0 Å². The Kier molecular flexibility index (Phi) is 1.79. The fraction of sp³-hybridized carbons (Fsp3) is 0.167. The summed E-state index contributed by atoms with van der Waals surface area (Å²) in [6.45, 7) is 0. The van der Waals surface area contributed by atoms with Crippen molar-refractivity contribution in [3.05, 3.63) is 42.0 Å². The molecule has 2 aromatic carbocycles. The summed E-state index contributed by atoms with van der Waals surface area (Å²) in [6, 6.07) is 13.0. The SMILES string of the molecule is NC1CSc2ccc3ccccc3c21. The average molecular weight is 201 g/mol. The summed E-state index contributed by atoms with van der Waals surface area (Å²) in [6.07, 6.45) is 0. The molecule has 0 radical (unpaired) electrons. The Morgan fingerprint density at radius 2 is 2.00 bits per heavy atom. The van der Waals surface area contributed by atoms with Crippen LogP contribution in [0, 0.1) is 0 Å². The van der Waals surface area contributed by atoms with Gasteiger partial charge in [-0.25, -0.2) is 0 Å². The molecular formula is C12H11NS. The van der Waals surface area contributed by atoms with Gasteiger partial charge in [0.2, 0.25) is 0 Å². The van der Waals surface area contributed by atoms with Crippen LogP contribution in [0.2, 0.25) is 0 Å². The highest BCUT2D eigenvalue weighted by molar-refractivity contribution is 7.99. The summed E-state index contributed by atoms with van der Waals surface area (Å²) in [5, 5.41) is 2.62. The topological polar surface area (TPSA) is 26.0 Å². The Morgan fingerprint density at radius 3 is 2.93 bits per heavy atom. The fourth-order valence-corrected chi connectivity index (χ4v) is 3.15. The molecule has 0 saturated heterocycles. The van der Waals surface area contributed by atoms with Crippen LogP contribution >= 0.6 is 11.8 Å². The van der Waals surface area contributed by atoms with Gasteiger partial charge in [0.05, 0.1) is 0 Å². The van der Waals surface area contributed by atoms with Crippen molar-refractivity contribution in [3.8, 4) is 0 Å². The molecule has 1 nitrogen and oxygen atoms in total. The van der Waals surface area contributed by atoms with E-state index >= 15 is 0 Å². The van der Waals surface area contributed by atoms with Crippen LogP contribution in [0.15, 0.2) is 41.3 Å². The van der Waals surface area contributed by atoms with Crippen LogP contribution in [0.1, 0.15) is 11.6 Å². The van der Waals surface area contributed by atoms with Crippen LogP contribution in [0.5, 0.6) is 0 Å². The number of hydrogen-bond acceptors (Lipinski definition) is 2. The van der Waals surface area contributed by atoms with Crippen LogP contribution in [0.4, 0.5) is 0 Å². The third-order valence-electron chi connectivity index (χ3n) is 2.72. The monoisotopic (exact) mass is 201 g/mol. The minimum atomic E-state index is 0.209. The summed E-state index contributed by atoms with van der Waals surface area (Å²) in [5.74, 6) is 1.02. The van der Waals surface area contributed by atoms with E-state index in [0.29, 0.717) is 0 Å². The Hall–Kier alpha value is -0.990. The van der Waals surface area contributed by atoms with Crippen molar-refractivity contribution in [2.75, 3.05) is 5.75 Å². The highest BCUT2D eigenvalue weighted by Gasteiger charge is 2.21. The molecule has 1 atom stereocenters.